The zero-order chi connectivity index (χ0) is 14.2. The average Bonchev–Trinajstić information content (AvgIpc) is 2.94. The number of aromatic nitrogens is 2. The van der Waals surface area contributed by atoms with Crippen LogP contribution in [0, 0.1) is 11.8 Å². The van der Waals surface area contributed by atoms with E-state index in [2.05, 4.69) is 18.9 Å². The van der Waals surface area contributed by atoms with E-state index in [4.69, 9.17) is 5.73 Å². The van der Waals surface area contributed by atoms with Crippen LogP contribution in [0.5, 0.6) is 0 Å². The number of amides is 1. The SMILES string of the molecule is CCc1nn(C)c(C(=O)N2CCC(C(C)C)C2)c1N. The Labute approximate surface area is 114 Å². The molecule has 5 nitrogen and oxygen atoms in total. The van der Waals surface area contributed by atoms with Crippen molar-refractivity contribution in [3.05, 3.63) is 11.4 Å². The Hall–Kier alpha value is -1.52. The second kappa shape index (κ2) is 5.23. The fraction of sp³-hybridized carbons (Fsp3) is 0.714. The molecule has 1 aliphatic rings. The maximum absolute atomic E-state index is 12.6. The summed E-state index contributed by atoms with van der Waals surface area (Å²) in [6.45, 7) is 8.09. The van der Waals surface area contributed by atoms with E-state index < -0.39 is 0 Å². The molecule has 1 aliphatic heterocycles. The van der Waals surface area contributed by atoms with E-state index in [1.54, 1.807) is 11.7 Å². The second-order valence-corrected chi connectivity index (χ2v) is 5.73. The maximum Gasteiger partial charge on any atom is 0.274 e. The van der Waals surface area contributed by atoms with Gasteiger partial charge < -0.3 is 10.6 Å². The molecule has 1 saturated heterocycles. The molecule has 2 N–H and O–H groups in total. The molecule has 2 rings (SSSR count). The van der Waals surface area contributed by atoms with E-state index in [1.165, 1.54) is 0 Å². The van der Waals surface area contributed by atoms with Gasteiger partial charge in [0.25, 0.3) is 5.91 Å². The number of rotatable bonds is 3. The molecule has 106 valence electrons. The first kappa shape index (κ1) is 13.9. The zero-order valence-corrected chi connectivity index (χ0v) is 12.3. The van der Waals surface area contributed by atoms with Gasteiger partial charge in [-0.15, -0.1) is 0 Å². The Kier molecular flexibility index (Phi) is 3.83. The number of hydrogen-bond acceptors (Lipinski definition) is 3. The first-order valence-electron chi connectivity index (χ1n) is 7.06. The number of nitrogen functional groups attached to an aromatic ring is 1. The summed E-state index contributed by atoms with van der Waals surface area (Å²) in [5, 5.41) is 4.32. The molecule has 1 unspecified atom stereocenters. The van der Waals surface area contributed by atoms with Gasteiger partial charge in [-0.25, -0.2) is 0 Å². The van der Waals surface area contributed by atoms with Crippen molar-refractivity contribution in [1.82, 2.24) is 14.7 Å². The van der Waals surface area contributed by atoms with Crippen LogP contribution in [0.15, 0.2) is 0 Å². The second-order valence-electron chi connectivity index (χ2n) is 5.73. The number of anilines is 1. The highest BCUT2D eigenvalue weighted by molar-refractivity contribution is 5.98. The van der Waals surface area contributed by atoms with Gasteiger partial charge in [-0.2, -0.15) is 5.10 Å². The molecule has 0 spiro atoms. The molecule has 2 heterocycles. The van der Waals surface area contributed by atoms with Gasteiger partial charge in [0.05, 0.1) is 11.4 Å². The Morgan fingerprint density at radius 1 is 1.53 bits per heavy atom. The van der Waals surface area contributed by atoms with E-state index >= 15 is 0 Å². The predicted octanol–water partition coefficient (Wildman–Crippen LogP) is 1.68. The summed E-state index contributed by atoms with van der Waals surface area (Å²) < 4.78 is 1.62. The minimum Gasteiger partial charge on any atom is -0.395 e. The standard InChI is InChI=1S/C14H24N4O/c1-5-11-12(15)13(17(4)16-11)14(19)18-7-6-10(8-18)9(2)3/h9-10H,5-8,15H2,1-4H3. The molecule has 0 aromatic carbocycles. The van der Waals surface area contributed by atoms with E-state index in [9.17, 15) is 4.79 Å². The van der Waals surface area contributed by atoms with Crippen molar-refractivity contribution in [2.75, 3.05) is 18.8 Å². The summed E-state index contributed by atoms with van der Waals surface area (Å²) in [5.41, 5.74) is 7.94. The molecule has 1 fully saturated rings. The Bertz CT molecular complexity index is 478. The van der Waals surface area contributed by atoms with Crippen LogP contribution in [0.3, 0.4) is 0 Å². The lowest BCUT2D eigenvalue weighted by molar-refractivity contribution is 0.0774. The highest BCUT2D eigenvalue weighted by atomic mass is 16.2. The number of likely N-dealkylation sites (tertiary alicyclic amines) is 1. The smallest absolute Gasteiger partial charge is 0.274 e. The Morgan fingerprint density at radius 2 is 2.21 bits per heavy atom. The highest BCUT2D eigenvalue weighted by Crippen LogP contribution is 2.26. The summed E-state index contributed by atoms with van der Waals surface area (Å²) >= 11 is 0. The molecule has 0 aliphatic carbocycles. The van der Waals surface area contributed by atoms with Gasteiger partial charge >= 0.3 is 0 Å². The molecule has 19 heavy (non-hydrogen) atoms. The van der Waals surface area contributed by atoms with Gasteiger partial charge in [-0.1, -0.05) is 20.8 Å². The molecule has 0 radical (unpaired) electrons. The first-order chi connectivity index (χ1) is 8.95. The molecular formula is C14H24N4O. The Balaban J connectivity index is 2.19. The molecule has 1 atom stereocenters. The van der Waals surface area contributed by atoms with Crippen molar-refractivity contribution in [2.45, 2.75) is 33.6 Å². The monoisotopic (exact) mass is 264 g/mol. The van der Waals surface area contributed by atoms with Crippen LogP contribution < -0.4 is 5.73 Å². The summed E-state index contributed by atoms with van der Waals surface area (Å²) in [6, 6.07) is 0. The first-order valence-corrected chi connectivity index (χ1v) is 7.06. The van der Waals surface area contributed by atoms with Gasteiger partial charge in [-0.3, -0.25) is 9.48 Å². The van der Waals surface area contributed by atoms with Crippen molar-refractivity contribution < 1.29 is 4.79 Å². The lowest BCUT2D eigenvalue weighted by Crippen LogP contribution is -2.31. The van der Waals surface area contributed by atoms with Crippen LogP contribution in [0.2, 0.25) is 0 Å². The van der Waals surface area contributed by atoms with E-state index in [-0.39, 0.29) is 5.91 Å². The number of hydrogen-bond donors (Lipinski definition) is 1. The largest absolute Gasteiger partial charge is 0.395 e. The summed E-state index contributed by atoms with van der Waals surface area (Å²) in [4.78, 5) is 14.5. The lowest BCUT2D eigenvalue weighted by atomic mass is 9.95. The minimum atomic E-state index is 0.0235. The predicted molar refractivity (Wildman–Crippen MR) is 75.8 cm³/mol. The van der Waals surface area contributed by atoms with Crippen molar-refractivity contribution in [1.29, 1.82) is 0 Å². The maximum atomic E-state index is 12.6. The quantitative estimate of drug-likeness (QED) is 0.903. The number of carbonyl (C=O) groups is 1. The van der Waals surface area contributed by atoms with E-state index in [0.717, 1.165) is 31.6 Å². The topological polar surface area (TPSA) is 64.2 Å². The number of nitrogens with zero attached hydrogens (tertiary/aromatic N) is 3. The molecular weight excluding hydrogens is 240 g/mol. The third-order valence-electron chi connectivity index (χ3n) is 4.15. The van der Waals surface area contributed by atoms with Crippen LogP contribution in [-0.4, -0.2) is 33.7 Å². The summed E-state index contributed by atoms with van der Waals surface area (Å²) in [7, 11) is 1.79. The van der Waals surface area contributed by atoms with Gasteiger partial charge in [-0.05, 0) is 24.7 Å². The van der Waals surface area contributed by atoms with Gasteiger partial charge in [0.1, 0.15) is 5.69 Å². The molecule has 1 aromatic heterocycles. The fourth-order valence-electron chi connectivity index (χ4n) is 2.78. The van der Waals surface area contributed by atoms with Gasteiger partial charge in [0.15, 0.2) is 0 Å². The van der Waals surface area contributed by atoms with Crippen molar-refractivity contribution in [3.8, 4) is 0 Å². The van der Waals surface area contributed by atoms with Crippen LogP contribution in [-0.2, 0) is 13.5 Å². The van der Waals surface area contributed by atoms with Gasteiger partial charge in [0.2, 0.25) is 0 Å². The van der Waals surface area contributed by atoms with Gasteiger partial charge in [0, 0.05) is 20.1 Å². The van der Waals surface area contributed by atoms with E-state index in [0.29, 0.717) is 23.2 Å². The summed E-state index contributed by atoms with van der Waals surface area (Å²) in [6.07, 6.45) is 1.84. The average molecular weight is 264 g/mol. The number of carbonyl (C=O) groups excluding carboxylic acids is 1. The third kappa shape index (κ3) is 2.46. The van der Waals surface area contributed by atoms with Crippen LogP contribution in [0.4, 0.5) is 5.69 Å². The Morgan fingerprint density at radius 3 is 2.68 bits per heavy atom. The fourth-order valence-corrected chi connectivity index (χ4v) is 2.78. The minimum absolute atomic E-state index is 0.0235. The zero-order valence-electron chi connectivity index (χ0n) is 12.3. The van der Waals surface area contributed by atoms with Crippen molar-refractivity contribution >= 4 is 11.6 Å². The number of aryl methyl sites for hydroxylation is 2. The molecule has 5 heteroatoms. The van der Waals surface area contributed by atoms with Crippen LogP contribution in [0.25, 0.3) is 0 Å². The molecule has 0 bridgehead atoms. The lowest BCUT2D eigenvalue weighted by Gasteiger charge is -2.18. The third-order valence-corrected chi connectivity index (χ3v) is 4.15. The summed E-state index contributed by atoms with van der Waals surface area (Å²) in [5.74, 6) is 1.24. The van der Waals surface area contributed by atoms with Crippen molar-refractivity contribution in [2.24, 2.45) is 18.9 Å². The van der Waals surface area contributed by atoms with Crippen LogP contribution in [0.1, 0.15) is 43.4 Å². The number of nitrogens with two attached hydrogens (primary N) is 1. The van der Waals surface area contributed by atoms with Crippen molar-refractivity contribution in [3.63, 3.8) is 0 Å². The normalized spacial score (nSPS) is 19.4. The molecule has 1 amide bonds. The molecule has 0 saturated carbocycles. The van der Waals surface area contributed by atoms with E-state index in [1.807, 2.05) is 11.8 Å². The molecule has 1 aromatic rings. The van der Waals surface area contributed by atoms with Crippen LogP contribution >= 0.6 is 0 Å². The highest BCUT2D eigenvalue weighted by Gasteiger charge is 2.31.